The van der Waals surface area contributed by atoms with Crippen LogP contribution in [0.3, 0.4) is 0 Å². The monoisotopic (exact) mass is 218 g/mol. The Balaban J connectivity index is 3.10. The van der Waals surface area contributed by atoms with Crippen molar-refractivity contribution in [3.8, 4) is 6.07 Å². The lowest BCUT2D eigenvalue weighted by atomic mass is 10.0. The van der Waals surface area contributed by atoms with Crippen LogP contribution in [0.4, 0.5) is 5.69 Å². The second-order valence-corrected chi connectivity index (χ2v) is 3.06. The molecule has 0 unspecified atom stereocenters. The molecule has 0 atom stereocenters. The summed E-state index contributed by atoms with van der Waals surface area (Å²) in [5.74, 6) is -2.73. The molecule has 0 heterocycles. The molecule has 1 aromatic carbocycles. The second kappa shape index (κ2) is 4.94. The summed E-state index contributed by atoms with van der Waals surface area (Å²) < 4.78 is 0. The van der Waals surface area contributed by atoms with E-state index in [2.05, 4.69) is 5.32 Å². The normalized spacial score (nSPS) is 9.25. The molecule has 0 saturated heterocycles. The summed E-state index contributed by atoms with van der Waals surface area (Å²) in [5.41, 5.74) is 1.31. The van der Waals surface area contributed by atoms with Gasteiger partial charge in [-0.1, -0.05) is 19.1 Å². The zero-order chi connectivity index (χ0) is 12.1. The summed E-state index contributed by atoms with van der Waals surface area (Å²) in [4.78, 5) is 21.3. The predicted octanol–water partition coefficient (Wildman–Crippen LogP) is 1.14. The molecule has 0 radical (unpaired) electrons. The minimum Gasteiger partial charge on any atom is -0.474 e. The van der Waals surface area contributed by atoms with Crippen molar-refractivity contribution in [2.45, 2.75) is 13.3 Å². The molecule has 1 rings (SSSR count). The van der Waals surface area contributed by atoms with Gasteiger partial charge >= 0.3 is 11.9 Å². The lowest BCUT2D eigenvalue weighted by Crippen LogP contribution is -2.22. The van der Waals surface area contributed by atoms with Crippen molar-refractivity contribution in [1.29, 1.82) is 5.26 Å². The lowest BCUT2D eigenvalue weighted by Gasteiger charge is -2.07. The fourth-order valence-corrected chi connectivity index (χ4v) is 1.31. The van der Waals surface area contributed by atoms with Crippen LogP contribution >= 0.6 is 0 Å². The Morgan fingerprint density at radius 3 is 2.69 bits per heavy atom. The van der Waals surface area contributed by atoms with Crippen molar-refractivity contribution in [2.24, 2.45) is 0 Å². The molecule has 0 bridgehead atoms. The number of anilines is 1. The molecule has 16 heavy (non-hydrogen) atoms. The van der Waals surface area contributed by atoms with E-state index < -0.39 is 11.9 Å². The second-order valence-electron chi connectivity index (χ2n) is 3.06. The molecule has 2 N–H and O–H groups in total. The number of carboxylic acid groups (broad SMARTS) is 1. The average molecular weight is 218 g/mol. The van der Waals surface area contributed by atoms with E-state index in [0.717, 1.165) is 5.56 Å². The minimum absolute atomic E-state index is 0.231. The van der Waals surface area contributed by atoms with E-state index in [1.807, 2.05) is 13.0 Å². The van der Waals surface area contributed by atoms with Gasteiger partial charge in [0, 0.05) is 0 Å². The number of hydrogen-bond acceptors (Lipinski definition) is 3. The van der Waals surface area contributed by atoms with Crippen molar-refractivity contribution < 1.29 is 14.7 Å². The maximum Gasteiger partial charge on any atom is 0.394 e. The highest BCUT2D eigenvalue weighted by atomic mass is 16.4. The summed E-state index contributed by atoms with van der Waals surface area (Å²) in [6, 6.07) is 6.87. The van der Waals surface area contributed by atoms with Crippen molar-refractivity contribution in [2.75, 3.05) is 5.32 Å². The SMILES string of the molecule is CCc1cccc(NC(=O)C(=O)O)c1C#N. The Morgan fingerprint density at radius 1 is 1.50 bits per heavy atom. The average Bonchev–Trinajstić information content (AvgIpc) is 2.28. The quantitative estimate of drug-likeness (QED) is 0.728. The minimum atomic E-state index is -1.58. The molecule has 0 aliphatic carbocycles. The molecule has 0 aliphatic heterocycles. The third-order valence-electron chi connectivity index (χ3n) is 2.09. The third kappa shape index (κ3) is 2.36. The van der Waals surface area contributed by atoms with Crippen LogP contribution in [0, 0.1) is 11.3 Å². The number of rotatable bonds is 2. The van der Waals surface area contributed by atoms with Gasteiger partial charge < -0.3 is 10.4 Å². The zero-order valence-electron chi connectivity index (χ0n) is 8.65. The van der Waals surface area contributed by atoms with Gasteiger partial charge in [0.15, 0.2) is 0 Å². The topological polar surface area (TPSA) is 90.2 Å². The molecule has 1 aromatic rings. The lowest BCUT2D eigenvalue weighted by molar-refractivity contribution is -0.147. The van der Waals surface area contributed by atoms with E-state index in [1.54, 1.807) is 12.1 Å². The summed E-state index contributed by atoms with van der Waals surface area (Å²) in [6.07, 6.45) is 0.639. The molecule has 0 aliphatic rings. The van der Waals surface area contributed by atoms with Crippen LogP contribution in [0.1, 0.15) is 18.1 Å². The smallest absolute Gasteiger partial charge is 0.394 e. The standard InChI is InChI=1S/C11H10N2O3/c1-2-7-4-3-5-9(8(7)6-12)13-10(14)11(15)16/h3-5H,2H2,1H3,(H,13,14)(H,15,16). The molecule has 5 nitrogen and oxygen atoms in total. The molecule has 0 spiro atoms. The Morgan fingerprint density at radius 2 is 2.19 bits per heavy atom. The van der Waals surface area contributed by atoms with Crippen LogP contribution in [0.2, 0.25) is 0 Å². The van der Waals surface area contributed by atoms with Crippen molar-refractivity contribution in [3.63, 3.8) is 0 Å². The van der Waals surface area contributed by atoms with Crippen molar-refractivity contribution >= 4 is 17.6 Å². The Kier molecular flexibility index (Phi) is 3.62. The van der Waals surface area contributed by atoms with E-state index in [-0.39, 0.29) is 5.69 Å². The summed E-state index contributed by atoms with van der Waals surface area (Å²) >= 11 is 0. The van der Waals surface area contributed by atoms with Gasteiger partial charge in [0.2, 0.25) is 0 Å². The number of nitrogens with zero attached hydrogens (tertiary/aromatic N) is 1. The zero-order valence-corrected chi connectivity index (χ0v) is 8.65. The summed E-state index contributed by atoms with van der Waals surface area (Å²) in [6.45, 7) is 1.87. The van der Waals surface area contributed by atoms with Crippen LogP contribution in [0.15, 0.2) is 18.2 Å². The fourth-order valence-electron chi connectivity index (χ4n) is 1.31. The number of amides is 1. The van der Waals surface area contributed by atoms with E-state index in [1.165, 1.54) is 6.07 Å². The Labute approximate surface area is 92.3 Å². The highest BCUT2D eigenvalue weighted by molar-refractivity contribution is 6.36. The van der Waals surface area contributed by atoms with Gasteiger partial charge in [-0.15, -0.1) is 0 Å². The Bertz CT molecular complexity index is 475. The van der Waals surface area contributed by atoms with Crippen LogP contribution in [0.5, 0.6) is 0 Å². The first-order chi connectivity index (χ1) is 7.60. The van der Waals surface area contributed by atoms with E-state index in [4.69, 9.17) is 10.4 Å². The first-order valence-corrected chi connectivity index (χ1v) is 4.66. The van der Waals surface area contributed by atoms with Gasteiger partial charge in [-0.3, -0.25) is 4.79 Å². The summed E-state index contributed by atoms with van der Waals surface area (Å²) in [5, 5.41) is 19.5. The van der Waals surface area contributed by atoms with Crippen molar-refractivity contribution in [1.82, 2.24) is 0 Å². The number of carboxylic acids is 1. The third-order valence-corrected chi connectivity index (χ3v) is 2.09. The van der Waals surface area contributed by atoms with Gasteiger partial charge in [-0.25, -0.2) is 4.79 Å². The molecular weight excluding hydrogens is 208 g/mol. The van der Waals surface area contributed by atoms with Gasteiger partial charge in [-0.05, 0) is 18.1 Å². The molecule has 1 amide bonds. The van der Waals surface area contributed by atoms with E-state index >= 15 is 0 Å². The predicted molar refractivity (Wildman–Crippen MR) is 56.8 cm³/mol. The molecule has 5 heteroatoms. The van der Waals surface area contributed by atoms with Gasteiger partial charge in [0.1, 0.15) is 6.07 Å². The van der Waals surface area contributed by atoms with Crippen LogP contribution in [0.25, 0.3) is 0 Å². The molecule has 82 valence electrons. The number of aliphatic carboxylic acids is 1. The van der Waals surface area contributed by atoms with Gasteiger partial charge in [0.05, 0.1) is 11.3 Å². The number of aryl methyl sites for hydroxylation is 1. The maximum atomic E-state index is 11.0. The highest BCUT2D eigenvalue weighted by Crippen LogP contribution is 2.19. The number of nitrogens with one attached hydrogen (secondary N) is 1. The van der Waals surface area contributed by atoms with E-state index in [0.29, 0.717) is 12.0 Å². The first kappa shape index (κ1) is 11.7. The van der Waals surface area contributed by atoms with E-state index in [9.17, 15) is 9.59 Å². The van der Waals surface area contributed by atoms with Gasteiger partial charge in [0.25, 0.3) is 0 Å². The molecule has 0 aromatic heterocycles. The number of hydrogen-bond donors (Lipinski definition) is 2. The molecule has 0 saturated carbocycles. The fraction of sp³-hybridized carbons (Fsp3) is 0.182. The highest BCUT2D eigenvalue weighted by Gasteiger charge is 2.14. The van der Waals surface area contributed by atoms with Crippen LogP contribution in [-0.4, -0.2) is 17.0 Å². The van der Waals surface area contributed by atoms with Crippen LogP contribution < -0.4 is 5.32 Å². The number of nitriles is 1. The number of carbonyl (C=O) groups excluding carboxylic acids is 1. The molecule has 0 fully saturated rings. The number of benzene rings is 1. The summed E-state index contributed by atoms with van der Waals surface area (Å²) in [7, 11) is 0. The first-order valence-electron chi connectivity index (χ1n) is 4.66. The maximum absolute atomic E-state index is 11.0. The Hall–Kier alpha value is -2.35. The number of carbonyl (C=O) groups is 2. The molecular formula is C11H10N2O3. The largest absolute Gasteiger partial charge is 0.474 e. The van der Waals surface area contributed by atoms with Crippen molar-refractivity contribution in [3.05, 3.63) is 29.3 Å². The van der Waals surface area contributed by atoms with Gasteiger partial charge in [-0.2, -0.15) is 5.26 Å². The van der Waals surface area contributed by atoms with Crippen LogP contribution in [-0.2, 0) is 16.0 Å².